The van der Waals surface area contributed by atoms with Crippen LogP contribution in [0, 0.1) is 12.8 Å². The standard InChI is InChI=1S/C14H19N3OS.ClH/c1-8(2)6-11(15)14(18)17-10-4-5-12-13(7-10)19-9(3)16-12;/h4-5,7-8,11H,6,15H2,1-3H3,(H,17,18);1H/t11-;/m0./s1. The maximum atomic E-state index is 11.9. The van der Waals surface area contributed by atoms with Crippen LogP contribution in [0.5, 0.6) is 0 Å². The van der Waals surface area contributed by atoms with E-state index >= 15 is 0 Å². The molecular weight excluding hydrogens is 294 g/mol. The van der Waals surface area contributed by atoms with E-state index in [-0.39, 0.29) is 18.3 Å². The molecule has 0 bridgehead atoms. The summed E-state index contributed by atoms with van der Waals surface area (Å²) in [6, 6.07) is 5.27. The number of aryl methyl sites for hydroxylation is 1. The third-order valence-electron chi connectivity index (χ3n) is 2.83. The normalized spacial score (nSPS) is 12.2. The van der Waals surface area contributed by atoms with Crippen molar-refractivity contribution in [2.75, 3.05) is 5.32 Å². The number of halogens is 1. The Kier molecular flexibility index (Phi) is 5.92. The number of amides is 1. The first-order valence-corrected chi connectivity index (χ1v) is 7.21. The Balaban J connectivity index is 0.00000200. The van der Waals surface area contributed by atoms with Gasteiger partial charge in [-0.1, -0.05) is 13.8 Å². The van der Waals surface area contributed by atoms with Gasteiger partial charge in [-0.05, 0) is 37.5 Å². The van der Waals surface area contributed by atoms with E-state index in [0.717, 1.165) is 20.9 Å². The van der Waals surface area contributed by atoms with Crippen LogP contribution in [0.15, 0.2) is 18.2 Å². The predicted octanol–water partition coefficient (Wildman–Crippen LogP) is 3.34. The number of fused-ring (bicyclic) bond motifs is 1. The Labute approximate surface area is 129 Å². The number of thiazole rings is 1. The minimum Gasteiger partial charge on any atom is -0.325 e. The molecular formula is C14H20ClN3OS. The van der Waals surface area contributed by atoms with Gasteiger partial charge in [0.25, 0.3) is 0 Å². The summed E-state index contributed by atoms with van der Waals surface area (Å²) < 4.78 is 1.08. The summed E-state index contributed by atoms with van der Waals surface area (Å²) in [6.07, 6.45) is 0.688. The molecule has 6 heteroatoms. The molecule has 1 amide bonds. The van der Waals surface area contributed by atoms with Crippen LogP contribution < -0.4 is 11.1 Å². The second-order valence-electron chi connectivity index (χ2n) is 5.14. The lowest BCUT2D eigenvalue weighted by molar-refractivity contribution is -0.117. The van der Waals surface area contributed by atoms with Crippen molar-refractivity contribution in [2.45, 2.75) is 33.2 Å². The van der Waals surface area contributed by atoms with E-state index in [0.29, 0.717) is 12.3 Å². The number of benzene rings is 1. The number of anilines is 1. The second-order valence-corrected chi connectivity index (χ2v) is 6.38. The van der Waals surface area contributed by atoms with Crippen LogP contribution in [0.1, 0.15) is 25.3 Å². The Morgan fingerprint density at radius 3 is 2.80 bits per heavy atom. The van der Waals surface area contributed by atoms with Crippen LogP contribution in [-0.2, 0) is 4.79 Å². The van der Waals surface area contributed by atoms with Crippen molar-refractivity contribution in [1.29, 1.82) is 0 Å². The van der Waals surface area contributed by atoms with Gasteiger partial charge in [0.05, 0.1) is 21.3 Å². The number of rotatable bonds is 4. The van der Waals surface area contributed by atoms with Gasteiger partial charge in [0.1, 0.15) is 0 Å². The monoisotopic (exact) mass is 313 g/mol. The van der Waals surface area contributed by atoms with Gasteiger partial charge in [-0.2, -0.15) is 0 Å². The molecule has 1 atom stereocenters. The van der Waals surface area contributed by atoms with Crippen molar-refractivity contribution >= 4 is 45.6 Å². The third-order valence-corrected chi connectivity index (χ3v) is 3.76. The lowest BCUT2D eigenvalue weighted by Gasteiger charge is -2.14. The molecule has 3 N–H and O–H groups in total. The van der Waals surface area contributed by atoms with E-state index in [1.807, 2.05) is 25.1 Å². The minimum absolute atomic E-state index is 0. The number of hydrogen-bond donors (Lipinski definition) is 2. The number of nitrogens with two attached hydrogens (primary N) is 1. The predicted molar refractivity (Wildman–Crippen MR) is 87.7 cm³/mol. The Morgan fingerprint density at radius 2 is 2.15 bits per heavy atom. The van der Waals surface area contributed by atoms with Crippen LogP contribution in [0.4, 0.5) is 5.69 Å². The zero-order chi connectivity index (χ0) is 14.0. The summed E-state index contributed by atoms with van der Waals surface area (Å²) in [5, 5.41) is 3.89. The summed E-state index contributed by atoms with van der Waals surface area (Å²) in [5.41, 5.74) is 7.60. The Morgan fingerprint density at radius 1 is 1.45 bits per heavy atom. The first kappa shape index (κ1) is 16.9. The Bertz CT molecular complexity index is 597. The third kappa shape index (κ3) is 4.16. The van der Waals surface area contributed by atoms with Gasteiger partial charge in [-0.15, -0.1) is 23.7 Å². The molecule has 0 unspecified atom stereocenters. The van der Waals surface area contributed by atoms with Crippen LogP contribution in [-0.4, -0.2) is 16.9 Å². The van der Waals surface area contributed by atoms with Crippen LogP contribution in [0.3, 0.4) is 0 Å². The zero-order valence-corrected chi connectivity index (χ0v) is 13.5. The van der Waals surface area contributed by atoms with E-state index in [1.165, 1.54) is 0 Å². The summed E-state index contributed by atoms with van der Waals surface area (Å²) in [7, 11) is 0. The number of carbonyl (C=O) groups is 1. The molecule has 0 aliphatic rings. The molecule has 0 aliphatic heterocycles. The van der Waals surface area contributed by atoms with Gasteiger partial charge in [-0.25, -0.2) is 4.98 Å². The van der Waals surface area contributed by atoms with Gasteiger partial charge in [0.15, 0.2) is 0 Å². The van der Waals surface area contributed by atoms with Gasteiger partial charge in [-0.3, -0.25) is 4.79 Å². The maximum Gasteiger partial charge on any atom is 0.241 e. The smallest absolute Gasteiger partial charge is 0.241 e. The van der Waals surface area contributed by atoms with Crippen molar-refractivity contribution in [2.24, 2.45) is 11.7 Å². The van der Waals surface area contributed by atoms with Crippen molar-refractivity contribution in [3.05, 3.63) is 23.2 Å². The molecule has 0 saturated heterocycles. The highest BCUT2D eigenvalue weighted by atomic mass is 35.5. The first-order valence-electron chi connectivity index (χ1n) is 6.39. The molecule has 0 radical (unpaired) electrons. The number of aromatic nitrogens is 1. The van der Waals surface area contributed by atoms with E-state index in [1.54, 1.807) is 11.3 Å². The zero-order valence-electron chi connectivity index (χ0n) is 11.8. The van der Waals surface area contributed by atoms with E-state index in [9.17, 15) is 4.79 Å². The van der Waals surface area contributed by atoms with Gasteiger partial charge in [0.2, 0.25) is 5.91 Å². The molecule has 2 aromatic rings. The second kappa shape index (κ2) is 7.02. The lowest BCUT2D eigenvalue weighted by Crippen LogP contribution is -2.36. The molecule has 0 aliphatic carbocycles. The lowest BCUT2D eigenvalue weighted by atomic mass is 10.0. The highest BCUT2D eigenvalue weighted by Gasteiger charge is 2.15. The quantitative estimate of drug-likeness (QED) is 0.909. The number of carbonyl (C=O) groups excluding carboxylic acids is 1. The van der Waals surface area contributed by atoms with Gasteiger partial charge in [0, 0.05) is 5.69 Å². The summed E-state index contributed by atoms with van der Waals surface area (Å²) in [5.74, 6) is 0.279. The SMILES string of the molecule is Cc1nc2ccc(NC(=O)[C@@H](N)CC(C)C)cc2s1.Cl. The van der Waals surface area contributed by atoms with Crippen molar-refractivity contribution in [3.63, 3.8) is 0 Å². The van der Waals surface area contributed by atoms with Crippen molar-refractivity contribution in [3.8, 4) is 0 Å². The Hall–Kier alpha value is -1.17. The summed E-state index contributed by atoms with van der Waals surface area (Å²) in [4.78, 5) is 16.3. The molecule has 1 heterocycles. The molecule has 20 heavy (non-hydrogen) atoms. The topological polar surface area (TPSA) is 68.0 Å². The summed E-state index contributed by atoms with van der Waals surface area (Å²) in [6.45, 7) is 6.08. The molecule has 4 nitrogen and oxygen atoms in total. The van der Waals surface area contributed by atoms with Gasteiger partial charge >= 0.3 is 0 Å². The van der Waals surface area contributed by atoms with Gasteiger partial charge < -0.3 is 11.1 Å². The fourth-order valence-corrected chi connectivity index (χ4v) is 2.83. The van der Waals surface area contributed by atoms with E-state index < -0.39 is 6.04 Å². The maximum absolute atomic E-state index is 11.9. The first-order chi connectivity index (χ1) is 8.95. The van der Waals surface area contributed by atoms with Crippen LogP contribution in [0.2, 0.25) is 0 Å². The molecule has 0 fully saturated rings. The van der Waals surface area contributed by atoms with Crippen molar-refractivity contribution in [1.82, 2.24) is 4.98 Å². The molecule has 1 aromatic heterocycles. The fourth-order valence-electron chi connectivity index (χ4n) is 1.97. The van der Waals surface area contributed by atoms with Crippen LogP contribution >= 0.6 is 23.7 Å². The molecule has 2 rings (SSSR count). The number of hydrogen-bond acceptors (Lipinski definition) is 4. The van der Waals surface area contributed by atoms with Crippen molar-refractivity contribution < 1.29 is 4.79 Å². The minimum atomic E-state index is -0.459. The number of nitrogens with zero attached hydrogens (tertiary/aromatic N) is 1. The highest BCUT2D eigenvalue weighted by Crippen LogP contribution is 2.24. The molecule has 0 saturated carbocycles. The average Bonchev–Trinajstić information content (AvgIpc) is 2.67. The van der Waals surface area contributed by atoms with E-state index in [2.05, 4.69) is 24.1 Å². The van der Waals surface area contributed by atoms with E-state index in [4.69, 9.17) is 5.73 Å². The highest BCUT2D eigenvalue weighted by molar-refractivity contribution is 7.18. The summed E-state index contributed by atoms with van der Waals surface area (Å²) >= 11 is 1.62. The molecule has 110 valence electrons. The number of nitrogens with one attached hydrogen (secondary N) is 1. The largest absolute Gasteiger partial charge is 0.325 e. The van der Waals surface area contributed by atoms with Crippen LogP contribution in [0.25, 0.3) is 10.2 Å². The molecule has 1 aromatic carbocycles. The average molecular weight is 314 g/mol. The molecule has 0 spiro atoms. The fraction of sp³-hybridized carbons (Fsp3) is 0.429.